The number of carbonyl (C=O) groups is 1. The minimum Gasteiger partial charge on any atom is -0.461 e. The van der Waals surface area contributed by atoms with Gasteiger partial charge in [0.05, 0.1) is 11.4 Å². The van der Waals surface area contributed by atoms with Crippen molar-refractivity contribution in [3.8, 4) is 11.1 Å². The summed E-state index contributed by atoms with van der Waals surface area (Å²) in [5.74, 6) is 0. The lowest BCUT2D eigenvalue weighted by molar-refractivity contribution is -0.129. The van der Waals surface area contributed by atoms with Gasteiger partial charge in [-0.25, -0.2) is 0 Å². The highest BCUT2D eigenvalue weighted by Gasteiger charge is 2.04. The first kappa shape index (κ1) is 12.3. The lowest BCUT2D eigenvalue weighted by Crippen LogP contribution is -2.04. The maximum absolute atomic E-state index is 10.2. The number of hydrogen-bond acceptors (Lipinski definition) is 4. The molecular weight excluding hydrogens is 228 g/mol. The smallest absolute Gasteiger partial charge is 0.293 e. The van der Waals surface area contributed by atoms with E-state index in [0.717, 1.165) is 16.8 Å². The van der Waals surface area contributed by atoms with Crippen LogP contribution in [0.1, 0.15) is 11.4 Å². The van der Waals surface area contributed by atoms with E-state index in [1.807, 2.05) is 42.5 Å². The summed E-state index contributed by atoms with van der Waals surface area (Å²) < 4.78 is 4.73. The van der Waals surface area contributed by atoms with Crippen LogP contribution in [0.15, 0.2) is 42.5 Å². The standard InChI is InChI=1S/C14H14N2O2/c15-8-13-6-12(11-4-2-1-3-5-11)7-14(16-13)9-18-10-17/h1-7,10H,8-9,15H2. The Labute approximate surface area is 105 Å². The molecule has 18 heavy (non-hydrogen) atoms. The Morgan fingerprint density at radius 3 is 2.50 bits per heavy atom. The van der Waals surface area contributed by atoms with Gasteiger partial charge in [0, 0.05) is 6.54 Å². The molecule has 1 heterocycles. The summed E-state index contributed by atoms with van der Waals surface area (Å²) in [5.41, 5.74) is 9.21. The predicted octanol–water partition coefficient (Wildman–Crippen LogP) is 1.88. The van der Waals surface area contributed by atoms with Crippen molar-refractivity contribution < 1.29 is 9.53 Å². The third kappa shape index (κ3) is 2.93. The van der Waals surface area contributed by atoms with Crippen molar-refractivity contribution in [1.82, 2.24) is 4.98 Å². The molecule has 0 bridgehead atoms. The molecule has 1 aromatic heterocycles. The maximum atomic E-state index is 10.2. The van der Waals surface area contributed by atoms with E-state index >= 15 is 0 Å². The fourth-order valence-corrected chi connectivity index (χ4v) is 1.74. The number of pyridine rings is 1. The van der Waals surface area contributed by atoms with Gasteiger partial charge in [-0.05, 0) is 23.3 Å². The van der Waals surface area contributed by atoms with E-state index in [1.54, 1.807) is 0 Å². The SMILES string of the molecule is NCc1cc(-c2ccccc2)cc(COC=O)n1. The Morgan fingerprint density at radius 1 is 1.11 bits per heavy atom. The third-order valence-corrected chi connectivity index (χ3v) is 2.55. The van der Waals surface area contributed by atoms with Crippen LogP contribution in [0.4, 0.5) is 0 Å². The molecule has 0 aliphatic carbocycles. The lowest BCUT2D eigenvalue weighted by Gasteiger charge is -2.07. The molecule has 1 aromatic carbocycles. The summed E-state index contributed by atoms with van der Waals surface area (Å²) in [6.07, 6.45) is 0. The molecular formula is C14H14N2O2. The van der Waals surface area contributed by atoms with E-state index in [0.29, 0.717) is 18.7 Å². The van der Waals surface area contributed by atoms with Gasteiger partial charge in [-0.2, -0.15) is 0 Å². The van der Waals surface area contributed by atoms with Crippen LogP contribution in [0, 0.1) is 0 Å². The summed E-state index contributed by atoms with van der Waals surface area (Å²) in [6, 6.07) is 13.8. The molecule has 2 rings (SSSR count). The first-order valence-electron chi connectivity index (χ1n) is 5.64. The number of hydrogen-bond donors (Lipinski definition) is 1. The first-order valence-corrected chi connectivity index (χ1v) is 5.64. The van der Waals surface area contributed by atoms with Crippen molar-refractivity contribution in [2.45, 2.75) is 13.2 Å². The zero-order valence-corrected chi connectivity index (χ0v) is 9.87. The zero-order chi connectivity index (χ0) is 12.8. The molecule has 2 aromatic rings. The van der Waals surface area contributed by atoms with Crippen LogP contribution in [0.3, 0.4) is 0 Å². The summed E-state index contributed by atoms with van der Waals surface area (Å²) in [6.45, 7) is 0.935. The second kappa shape index (κ2) is 5.93. The van der Waals surface area contributed by atoms with Gasteiger partial charge < -0.3 is 10.5 Å². The fraction of sp³-hybridized carbons (Fsp3) is 0.143. The third-order valence-electron chi connectivity index (χ3n) is 2.55. The largest absolute Gasteiger partial charge is 0.461 e. The van der Waals surface area contributed by atoms with Crippen LogP contribution in [0.5, 0.6) is 0 Å². The molecule has 4 nitrogen and oxygen atoms in total. The van der Waals surface area contributed by atoms with Crippen LogP contribution in [-0.4, -0.2) is 11.5 Å². The number of nitrogens with zero attached hydrogens (tertiary/aromatic N) is 1. The average molecular weight is 242 g/mol. The quantitative estimate of drug-likeness (QED) is 0.813. The molecule has 0 unspecified atom stereocenters. The Morgan fingerprint density at radius 2 is 1.83 bits per heavy atom. The minimum atomic E-state index is 0.164. The normalized spacial score (nSPS) is 10.1. The molecule has 4 heteroatoms. The van der Waals surface area contributed by atoms with E-state index in [4.69, 9.17) is 10.5 Å². The molecule has 0 radical (unpaired) electrons. The van der Waals surface area contributed by atoms with E-state index in [2.05, 4.69) is 4.98 Å². The van der Waals surface area contributed by atoms with E-state index in [1.165, 1.54) is 0 Å². The zero-order valence-electron chi connectivity index (χ0n) is 9.87. The number of rotatable bonds is 5. The molecule has 0 amide bonds. The molecule has 0 atom stereocenters. The number of nitrogens with two attached hydrogens (primary N) is 1. The first-order chi connectivity index (χ1) is 8.83. The van der Waals surface area contributed by atoms with Gasteiger partial charge in [-0.3, -0.25) is 9.78 Å². The number of aromatic nitrogens is 1. The van der Waals surface area contributed by atoms with Crippen molar-refractivity contribution >= 4 is 6.47 Å². The van der Waals surface area contributed by atoms with Gasteiger partial charge in [0.1, 0.15) is 6.61 Å². The summed E-state index contributed by atoms with van der Waals surface area (Å²) >= 11 is 0. The molecule has 0 aliphatic rings. The molecule has 0 saturated heterocycles. The Hall–Kier alpha value is -2.20. The van der Waals surface area contributed by atoms with Crippen LogP contribution in [0.25, 0.3) is 11.1 Å². The highest BCUT2D eigenvalue weighted by Crippen LogP contribution is 2.20. The molecule has 92 valence electrons. The van der Waals surface area contributed by atoms with Crippen molar-refractivity contribution in [3.05, 3.63) is 53.9 Å². The van der Waals surface area contributed by atoms with Gasteiger partial charge >= 0.3 is 0 Å². The second-order valence-electron chi connectivity index (χ2n) is 3.82. The van der Waals surface area contributed by atoms with Crippen molar-refractivity contribution in [1.29, 1.82) is 0 Å². The molecule has 0 fully saturated rings. The predicted molar refractivity (Wildman–Crippen MR) is 68.4 cm³/mol. The second-order valence-corrected chi connectivity index (χ2v) is 3.82. The number of carbonyl (C=O) groups excluding carboxylic acids is 1. The van der Waals surface area contributed by atoms with Crippen molar-refractivity contribution in [2.75, 3.05) is 0 Å². The Kier molecular flexibility index (Phi) is 4.04. The molecule has 0 spiro atoms. The molecule has 0 aliphatic heterocycles. The van der Waals surface area contributed by atoms with Crippen molar-refractivity contribution in [2.24, 2.45) is 5.73 Å². The van der Waals surface area contributed by atoms with Gasteiger partial charge in [0.15, 0.2) is 0 Å². The van der Waals surface area contributed by atoms with Crippen LogP contribution < -0.4 is 5.73 Å². The highest BCUT2D eigenvalue weighted by molar-refractivity contribution is 5.64. The van der Waals surface area contributed by atoms with Crippen LogP contribution in [0.2, 0.25) is 0 Å². The van der Waals surface area contributed by atoms with Gasteiger partial charge in [0.2, 0.25) is 0 Å². The van der Waals surface area contributed by atoms with Gasteiger partial charge in [-0.1, -0.05) is 30.3 Å². The Balaban J connectivity index is 2.37. The number of benzene rings is 1. The number of ether oxygens (including phenoxy) is 1. The maximum Gasteiger partial charge on any atom is 0.293 e. The fourth-order valence-electron chi connectivity index (χ4n) is 1.74. The van der Waals surface area contributed by atoms with Crippen LogP contribution >= 0.6 is 0 Å². The highest BCUT2D eigenvalue weighted by atomic mass is 16.5. The topological polar surface area (TPSA) is 65.2 Å². The summed E-state index contributed by atoms with van der Waals surface area (Å²) in [4.78, 5) is 14.5. The van der Waals surface area contributed by atoms with E-state index in [-0.39, 0.29) is 6.61 Å². The Bertz CT molecular complexity index is 527. The monoisotopic (exact) mass is 242 g/mol. The minimum absolute atomic E-state index is 0.164. The summed E-state index contributed by atoms with van der Waals surface area (Å²) in [7, 11) is 0. The summed E-state index contributed by atoms with van der Waals surface area (Å²) in [5, 5.41) is 0. The molecule has 0 saturated carbocycles. The van der Waals surface area contributed by atoms with E-state index < -0.39 is 0 Å². The van der Waals surface area contributed by atoms with Gasteiger partial charge in [0.25, 0.3) is 6.47 Å². The lowest BCUT2D eigenvalue weighted by atomic mass is 10.0. The average Bonchev–Trinajstić information content (AvgIpc) is 2.45. The van der Waals surface area contributed by atoms with Crippen molar-refractivity contribution in [3.63, 3.8) is 0 Å². The van der Waals surface area contributed by atoms with E-state index in [9.17, 15) is 4.79 Å². The van der Waals surface area contributed by atoms with Crippen LogP contribution in [-0.2, 0) is 22.7 Å². The molecule has 2 N–H and O–H groups in total. The van der Waals surface area contributed by atoms with Gasteiger partial charge in [-0.15, -0.1) is 0 Å².